The Morgan fingerprint density at radius 1 is 1.22 bits per heavy atom. The molecule has 2 heterocycles. The summed E-state index contributed by atoms with van der Waals surface area (Å²) in [5, 5.41) is 14.9. The third-order valence-electron chi connectivity index (χ3n) is 4.12. The minimum absolute atomic E-state index is 0.251. The van der Waals surface area contributed by atoms with E-state index in [0.29, 0.717) is 0 Å². The number of thiophene rings is 1. The lowest BCUT2D eigenvalue weighted by Crippen LogP contribution is -2.01. The fraction of sp³-hybridized carbons (Fsp3) is 0.235. The number of phenolic OH excluding ortho intramolecular Hbond substituents is 1. The van der Waals surface area contributed by atoms with Crippen LogP contribution in [0.2, 0.25) is 0 Å². The third kappa shape index (κ3) is 2.55. The summed E-state index contributed by atoms with van der Waals surface area (Å²) in [5.41, 5.74) is 6.27. The summed E-state index contributed by atoms with van der Waals surface area (Å²) in [7, 11) is 0. The normalized spacial score (nSPS) is 14.2. The van der Waals surface area contributed by atoms with Gasteiger partial charge in [-0.15, -0.1) is 11.3 Å². The van der Waals surface area contributed by atoms with Gasteiger partial charge >= 0.3 is 0 Å². The summed E-state index contributed by atoms with van der Waals surface area (Å²) in [5.74, 6) is 1.02. The van der Waals surface area contributed by atoms with E-state index in [1.165, 1.54) is 16.9 Å². The third-order valence-corrected chi connectivity index (χ3v) is 5.32. The first-order valence-electron chi connectivity index (χ1n) is 7.57. The summed E-state index contributed by atoms with van der Waals surface area (Å²) in [6, 6.07) is 6.99. The van der Waals surface area contributed by atoms with Crippen LogP contribution in [0, 0.1) is 0 Å². The SMILES string of the molecule is C/C(=N\Nc1ncnc2sc3c(c12)CCC3)c1ccc(O)cc1. The number of aromatic nitrogens is 2. The van der Waals surface area contributed by atoms with Crippen molar-refractivity contribution in [1.82, 2.24) is 9.97 Å². The molecule has 1 aliphatic carbocycles. The van der Waals surface area contributed by atoms with E-state index in [0.717, 1.165) is 40.2 Å². The zero-order valence-electron chi connectivity index (χ0n) is 12.7. The molecule has 1 aliphatic rings. The topological polar surface area (TPSA) is 70.4 Å². The second-order valence-electron chi connectivity index (χ2n) is 5.62. The van der Waals surface area contributed by atoms with Gasteiger partial charge in [0.25, 0.3) is 0 Å². The van der Waals surface area contributed by atoms with Crippen LogP contribution in [0.4, 0.5) is 5.82 Å². The van der Waals surface area contributed by atoms with Crippen LogP contribution in [-0.4, -0.2) is 20.8 Å². The van der Waals surface area contributed by atoms with Crippen molar-refractivity contribution in [3.63, 3.8) is 0 Å². The maximum atomic E-state index is 9.36. The van der Waals surface area contributed by atoms with Gasteiger partial charge in [-0.3, -0.25) is 5.43 Å². The van der Waals surface area contributed by atoms with Crippen LogP contribution >= 0.6 is 11.3 Å². The van der Waals surface area contributed by atoms with Gasteiger partial charge in [0.05, 0.1) is 11.1 Å². The molecule has 0 unspecified atom stereocenters. The highest BCUT2D eigenvalue weighted by atomic mass is 32.1. The Morgan fingerprint density at radius 3 is 2.87 bits per heavy atom. The Balaban J connectivity index is 1.68. The number of hydrogen-bond acceptors (Lipinski definition) is 6. The zero-order chi connectivity index (χ0) is 15.8. The lowest BCUT2D eigenvalue weighted by atomic mass is 10.1. The van der Waals surface area contributed by atoms with Crippen molar-refractivity contribution in [3.8, 4) is 5.75 Å². The summed E-state index contributed by atoms with van der Waals surface area (Å²) < 4.78 is 0. The molecular weight excluding hydrogens is 308 g/mol. The van der Waals surface area contributed by atoms with Crippen LogP contribution < -0.4 is 5.43 Å². The van der Waals surface area contributed by atoms with Gasteiger partial charge in [-0.2, -0.15) is 5.10 Å². The predicted molar refractivity (Wildman–Crippen MR) is 93.4 cm³/mol. The number of hydrazone groups is 1. The molecule has 4 rings (SSSR count). The molecule has 2 aromatic heterocycles. The van der Waals surface area contributed by atoms with Crippen molar-refractivity contribution in [2.45, 2.75) is 26.2 Å². The maximum Gasteiger partial charge on any atom is 0.158 e. The van der Waals surface area contributed by atoms with E-state index in [-0.39, 0.29) is 5.75 Å². The van der Waals surface area contributed by atoms with Gasteiger partial charge in [0.2, 0.25) is 0 Å². The molecule has 3 aromatic rings. The number of aryl methyl sites for hydroxylation is 2. The smallest absolute Gasteiger partial charge is 0.158 e. The van der Waals surface area contributed by atoms with Gasteiger partial charge in [0.15, 0.2) is 5.82 Å². The maximum absolute atomic E-state index is 9.36. The van der Waals surface area contributed by atoms with Crippen molar-refractivity contribution in [2.75, 3.05) is 5.43 Å². The van der Waals surface area contributed by atoms with Gasteiger partial charge in [0, 0.05) is 4.88 Å². The van der Waals surface area contributed by atoms with Crippen molar-refractivity contribution >= 4 is 33.1 Å². The highest BCUT2D eigenvalue weighted by molar-refractivity contribution is 7.19. The van der Waals surface area contributed by atoms with E-state index < -0.39 is 0 Å². The van der Waals surface area contributed by atoms with Crippen LogP contribution in [0.3, 0.4) is 0 Å². The first-order chi connectivity index (χ1) is 11.2. The molecule has 5 nitrogen and oxygen atoms in total. The first kappa shape index (κ1) is 14.1. The van der Waals surface area contributed by atoms with E-state index in [4.69, 9.17) is 0 Å². The Morgan fingerprint density at radius 2 is 2.04 bits per heavy atom. The molecule has 0 bridgehead atoms. The van der Waals surface area contributed by atoms with Crippen molar-refractivity contribution < 1.29 is 5.11 Å². The molecule has 0 spiro atoms. The van der Waals surface area contributed by atoms with Crippen molar-refractivity contribution in [2.24, 2.45) is 5.10 Å². The molecule has 0 radical (unpaired) electrons. The average molecular weight is 324 g/mol. The predicted octanol–water partition coefficient (Wildman–Crippen LogP) is 3.72. The second kappa shape index (κ2) is 5.62. The minimum Gasteiger partial charge on any atom is -0.508 e. The summed E-state index contributed by atoms with van der Waals surface area (Å²) in [6.07, 6.45) is 5.03. The Hall–Kier alpha value is -2.47. The second-order valence-corrected chi connectivity index (χ2v) is 6.70. The number of anilines is 1. The van der Waals surface area contributed by atoms with Crippen LogP contribution in [0.25, 0.3) is 10.2 Å². The van der Waals surface area contributed by atoms with Crippen LogP contribution in [0.15, 0.2) is 35.7 Å². The molecular formula is C17H16N4OS. The van der Waals surface area contributed by atoms with Crippen LogP contribution in [0.5, 0.6) is 5.75 Å². The number of rotatable bonds is 3. The van der Waals surface area contributed by atoms with Gasteiger partial charge in [-0.05, 0) is 61.6 Å². The van der Waals surface area contributed by atoms with E-state index in [1.54, 1.807) is 29.8 Å². The van der Waals surface area contributed by atoms with E-state index in [1.807, 2.05) is 19.1 Å². The highest BCUT2D eigenvalue weighted by Gasteiger charge is 2.21. The number of nitrogens with zero attached hydrogens (tertiary/aromatic N) is 3. The number of aromatic hydroxyl groups is 1. The van der Waals surface area contributed by atoms with Crippen molar-refractivity contribution in [1.29, 1.82) is 0 Å². The molecule has 0 saturated heterocycles. The number of phenols is 1. The molecule has 0 aliphatic heterocycles. The summed E-state index contributed by atoms with van der Waals surface area (Å²) in [4.78, 5) is 11.2. The van der Waals surface area contributed by atoms with Crippen molar-refractivity contribution in [3.05, 3.63) is 46.6 Å². The fourth-order valence-electron chi connectivity index (χ4n) is 2.92. The monoisotopic (exact) mass is 324 g/mol. The fourth-order valence-corrected chi connectivity index (χ4v) is 4.15. The summed E-state index contributed by atoms with van der Waals surface area (Å²) >= 11 is 1.77. The van der Waals surface area contributed by atoms with Crippen LogP contribution in [0.1, 0.15) is 29.3 Å². The van der Waals surface area contributed by atoms with Gasteiger partial charge in [-0.1, -0.05) is 0 Å². The number of nitrogens with one attached hydrogen (secondary N) is 1. The van der Waals surface area contributed by atoms with E-state index in [9.17, 15) is 5.11 Å². The lowest BCUT2D eigenvalue weighted by Gasteiger charge is -2.05. The molecule has 0 fully saturated rings. The largest absolute Gasteiger partial charge is 0.508 e. The number of benzene rings is 1. The van der Waals surface area contributed by atoms with E-state index in [2.05, 4.69) is 20.5 Å². The number of fused-ring (bicyclic) bond motifs is 3. The van der Waals surface area contributed by atoms with Crippen LogP contribution in [-0.2, 0) is 12.8 Å². The molecule has 0 saturated carbocycles. The standard InChI is InChI=1S/C17H16N4OS/c1-10(11-5-7-12(22)8-6-11)20-21-16-15-13-3-2-4-14(13)23-17(15)19-9-18-16/h5-9,22H,2-4H2,1H3,(H,18,19,21)/b20-10+. The first-order valence-corrected chi connectivity index (χ1v) is 8.39. The summed E-state index contributed by atoms with van der Waals surface area (Å²) in [6.45, 7) is 1.93. The highest BCUT2D eigenvalue weighted by Crippen LogP contribution is 2.38. The Bertz CT molecular complexity index is 899. The molecule has 1 aromatic carbocycles. The molecule has 23 heavy (non-hydrogen) atoms. The van der Waals surface area contributed by atoms with Gasteiger partial charge in [0.1, 0.15) is 16.9 Å². The quantitative estimate of drug-likeness (QED) is 0.569. The Labute approximate surface area is 137 Å². The molecule has 0 atom stereocenters. The number of hydrogen-bond donors (Lipinski definition) is 2. The average Bonchev–Trinajstić information content (AvgIpc) is 3.14. The van der Waals surface area contributed by atoms with Gasteiger partial charge in [-0.25, -0.2) is 9.97 Å². The molecule has 116 valence electrons. The minimum atomic E-state index is 0.251. The molecule has 6 heteroatoms. The van der Waals surface area contributed by atoms with Gasteiger partial charge < -0.3 is 5.11 Å². The lowest BCUT2D eigenvalue weighted by molar-refractivity contribution is 0.475. The molecule has 0 amide bonds. The Kier molecular flexibility index (Phi) is 3.46. The van der Waals surface area contributed by atoms with E-state index >= 15 is 0 Å². The zero-order valence-corrected chi connectivity index (χ0v) is 13.5. The molecule has 2 N–H and O–H groups in total.